The van der Waals surface area contributed by atoms with Gasteiger partial charge in [0.1, 0.15) is 0 Å². The number of alkyl halides is 1. The summed E-state index contributed by atoms with van der Waals surface area (Å²) < 4.78 is 0. The Labute approximate surface area is 120 Å². The minimum Gasteiger partial charge on any atom is -0.112 e. The van der Waals surface area contributed by atoms with E-state index in [-0.39, 0.29) is 5.38 Å². The van der Waals surface area contributed by atoms with Gasteiger partial charge in [-0.15, -0.1) is 11.6 Å². The van der Waals surface area contributed by atoms with E-state index in [2.05, 4.69) is 0 Å². The Morgan fingerprint density at radius 1 is 0.824 bits per heavy atom. The first kappa shape index (κ1) is 13.0. The second-order valence-electron chi connectivity index (χ2n) is 3.56. The largest absolute Gasteiger partial charge is 0.112 e. The summed E-state index contributed by atoms with van der Waals surface area (Å²) in [6.45, 7) is 0. The molecule has 0 aliphatic heterocycles. The summed E-state index contributed by atoms with van der Waals surface area (Å²) in [6, 6.07) is 12.9. The van der Waals surface area contributed by atoms with Gasteiger partial charge in [0.25, 0.3) is 0 Å². The lowest BCUT2D eigenvalue weighted by molar-refractivity contribution is 1.14. The lowest BCUT2D eigenvalue weighted by Crippen LogP contribution is -1.95. The maximum Gasteiger partial charge on any atom is 0.0864 e. The van der Waals surface area contributed by atoms with Crippen LogP contribution in [-0.4, -0.2) is 0 Å². The SMILES string of the molecule is Clc1cc(Cl)c(C(Cl)c2ccccc2)c(Cl)c1. The van der Waals surface area contributed by atoms with Crippen LogP contribution in [0.5, 0.6) is 0 Å². The number of hydrogen-bond donors (Lipinski definition) is 0. The molecular weight excluding hydrogens is 298 g/mol. The van der Waals surface area contributed by atoms with Gasteiger partial charge >= 0.3 is 0 Å². The van der Waals surface area contributed by atoms with Crippen molar-refractivity contribution < 1.29 is 0 Å². The Bertz CT molecular complexity index is 499. The number of hydrogen-bond acceptors (Lipinski definition) is 0. The molecule has 0 heterocycles. The molecule has 2 rings (SSSR count). The van der Waals surface area contributed by atoms with Crippen molar-refractivity contribution >= 4 is 46.4 Å². The fourth-order valence-electron chi connectivity index (χ4n) is 1.58. The molecule has 1 atom stereocenters. The van der Waals surface area contributed by atoms with Gasteiger partial charge in [0, 0.05) is 20.6 Å². The highest BCUT2D eigenvalue weighted by Gasteiger charge is 2.18. The fourth-order valence-corrected chi connectivity index (χ4v) is 3.11. The number of halogens is 4. The minimum atomic E-state index is -0.381. The summed E-state index contributed by atoms with van der Waals surface area (Å²) in [5, 5.41) is 1.08. The molecule has 0 aliphatic carbocycles. The standard InChI is InChI=1S/C13H8Cl4/c14-9-6-10(15)12(11(16)7-9)13(17)8-4-2-1-3-5-8/h1-7,13H. The van der Waals surface area contributed by atoms with Crippen LogP contribution in [0.3, 0.4) is 0 Å². The summed E-state index contributed by atoms with van der Waals surface area (Å²) in [4.78, 5) is 0. The summed E-state index contributed by atoms with van der Waals surface area (Å²) in [5.41, 5.74) is 1.63. The molecule has 0 aliphatic rings. The summed E-state index contributed by atoms with van der Waals surface area (Å²) in [6.07, 6.45) is 0. The van der Waals surface area contributed by atoms with Crippen molar-refractivity contribution in [3.05, 3.63) is 68.7 Å². The normalized spacial score (nSPS) is 12.5. The van der Waals surface area contributed by atoms with Crippen molar-refractivity contribution in [3.8, 4) is 0 Å². The maximum atomic E-state index is 6.38. The lowest BCUT2D eigenvalue weighted by Gasteiger charge is -2.14. The topological polar surface area (TPSA) is 0 Å². The van der Waals surface area contributed by atoms with Crippen LogP contribution < -0.4 is 0 Å². The molecule has 0 saturated carbocycles. The van der Waals surface area contributed by atoms with Gasteiger partial charge in [-0.2, -0.15) is 0 Å². The van der Waals surface area contributed by atoms with Crippen LogP contribution in [-0.2, 0) is 0 Å². The van der Waals surface area contributed by atoms with Crippen molar-refractivity contribution in [2.75, 3.05) is 0 Å². The van der Waals surface area contributed by atoms with Crippen LogP contribution in [0.1, 0.15) is 16.5 Å². The van der Waals surface area contributed by atoms with Gasteiger partial charge in [-0.05, 0) is 17.7 Å². The highest BCUT2D eigenvalue weighted by Crippen LogP contribution is 2.39. The van der Waals surface area contributed by atoms with E-state index in [9.17, 15) is 0 Å². The number of rotatable bonds is 2. The molecule has 1 unspecified atom stereocenters. The summed E-state index contributed by atoms with van der Waals surface area (Å²) >= 11 is 24.5. The zero-order valence-electron chi connectivity index (χ0n) is 8.63. The van der Waals surface area contributed by atoms with Crippen molar-refractivity contribution in [2.45, 2.75) is 5.38 Å². The molecule has 0 nitrogen and oxygen atoms in total. The molecule has 17 heavy (non-hydrogen) atoms. The Morgan fingerprint density at radius 2 is 1.35 bits per heavy atom. The first-order valence-electron chi connectivity index (χ1n) is 4.93. The van der Waals surface area contributed by atoms with E-state index in [0.29, 0.717) is 20.6 Å². The van der Waals surface area contributed by atoms with Gasteiger partial charge in [-0.1, -0.05) is 65.1 Å². The van der Waals surface area contributed by atoms with E-state index in [4.69, 9.17) is 46.4 Å². The van der Waals surface area contributed by atoms with Gasteiger partial charge in [0.05, 0.1) is 5.38 Å². The van der Waals surface area contributed by atoms with Gasteiger partial charge in [-0.3, -0.25) is 0 Å². The van der Waals surface area contributed by atoms with Crippen molar-refractivity contribution in [3.63, 3.8) is 0 Å². The Kier molecular flexibility index (Phi) is 4.22. The molecule has 0 fully saturated rings. The van der Waals surface area contributed by atoms with E-state index in [1.807, 2.05) is 30.3 Å². The van der Waals surface area contributed by atoms with Gasteiger partial charge in [0.2, 0.25) is 0 Å². The average molecular weight is 306 g/mol. The molecule has 88 valence electrons. The maximum absolute atomic E-state index is 6.38. The smallest absolute Gasteiger partial charge is 0.0864 e. The summed E-state index contributed by atoms with van der Waals surface area (Å²) in [7, 11) is 0. The first-order chi connectivity index (χ1) is 8.09. The molecule has 4 heteroatoms. The second-order valence-corrected chi connectivity index (χ2v) is 5.24. The van der Waals surface area contributed by atoms with Crippen molar-refractivity contribution in [1.29, 1.82) is 0 Å². The molecule has 0 aromatic heterocycles. The van der Waals surface area contributed by atoms with E-state index >= 15 is 0 Å². The molecule has 0 N–H and O–H groups in total. The van der Waals surface area contributed by atoms with Crippen LogP contribution in [0.2, 0.25) is 15.1 Å². The third-order valence-corrected chi connectivity index (χ3v) is 3.70. The molecular formula is C13H8Cl4. The lowest BCUT2D eigenvalue weighted by atomic mass is 10.0. The van der Waals surface area contributed by atoms with Crippen LogP contribution >= 0.6 is 46.4 Å². The second kappa shape index (κ2) is 5.49. The third-order valence-electron chi connectivity index (χ3n) is 2.39. The van der Waals surface area contributed by atoms with E-state index in [1.54, 1.807) is 12.1 Å². The predicted molar refractivity (Wildman–Crippen MR) is 75.6 cm³/mol. The molecule has 0 radical (unpaired) electrons. The van der Waals surface area contributed by atoms with E-state index in [0.717, 1.165) is 5.56 Å². The quantitative estimate of drug-likeness (QED) is 0.599. The van der Waals surface area contributed by atoms with Crippen LogP contribution in [0.4, 0.5) is 0 Å². The van der Waals surface area contributed by atoms with Crippen LogP contribution in [0.15, 0.2) is 42.5 Å². The molecule has 2 aromatic carbocycles. The third kappa shape index (κ3) is 2.89. The summed E-state index contributed by atoms with van der Waals surface area (Å²) in [5.74, 6) is 0. The highest BCUT2D eigenvalue weighted by atomic mass is 35.5. The monoisotopic (exact) mass is 304 g/mol. The van der Waals surface area contributed by atoms with Crippen molar-refractivity contribution in [2.24, 2.45) is 0 Å². The predicted octanol–water partition coefficient (Wildman–Crippen LogP) is 5.98. The minimum absolute atomic E-state index is 0.381. The van der Waals surface area contributed by atoms with Crippen LogP contribution in [0, 0.1) is 0 Å². The van der Waals surface area contributed by atoms with Gasteiger partial charge in [-0.25, -0.2) is 0 Å². The Morgan fingerprint density at radius 3 is 1.88 bits per heavy atom. The molecule has 2 aromatic rings. The van der Waals surface area contributed by atoms with Crippen LogP contribution in [0.25, 0.3) is 0 Å². The van der Waals surface area contributed by atoms with E-state index < -0.39 is 0 Å². The van der Waals surface area contributed by atoms with Crippen molar-refractivity contribution in [1.82, 2.24) is 0 Å². The average Bonchev–Trinajstić information content (AvgIpc) is 2.28. The highest BCUT2D eigenvalue weighted by molar-refractivity contribution is 6.40. The number of benzene rings is 2. The zero-order chi connectivity index (χ0) is 12.4. The zero-order valence-corrected chi connectivity index (χ0v) is 11.7. The molecule has 0 amide bonds. The first-order valence-corrected chi connectivity index (χ1v) is 6.50. The molecule has 0 spiro atoms. The fraction of sp³-hybridized carbons (Fsp3) is 0.0769. The van der Waals surface area contributed by atoms with E-state index in [1.165, 1.54) is 0 Å². The Hall–Kier alpha value is -0.400. The molecule has 0 saturated heterocycles. The van der Waals surface area contributed by atoms with Gasteiger partial charge in [0.15, 0.2) is 0 Å². The molecule has 0 bridgehead atoms. The Balaban J connectivity index is 2.48. The van der Waals surface area contributed by atoms with Gasteiger partial charge < -0.3 is 0 Å².